The van der Waals surface area contributed by atoms with Gasteiger partial charge in [-0.15, -0.1) is 11.3 Å². The van der Waals surface area contributed by atoms with E-state index in [4.69, 9.17) is 11.1 Å². The van der Waals surface area contributed by atoms with E-state index in [1.165, 1.54) is 0 Å². The molecule has 0 aliphatic carbocycles. The van der Waals surface area contributed by atoms with Gasteiger partial charge in [-0.3, -0.25) is 5.41 Å². The second-order valence-electron chi connectivity index (χ2n) is 4.48. The monoisotopic (exact) mass is 275 g/mol. The van der Waals surface area contributed by atoms with Crippen molar-refractivity contribution in [2.75, 3.05) is 11.9 Å². The first-order chi connectivity index (χ1) is 8.95. The van der Waals surface area contributed by atoms with Gasteiger partial charge in [0.05, 0.1) is 17.2 Å². The van der Waals surface area contributed by atoms with E-state index in [0.717, 1.165) is 22.2 Å². The van der Waals surface area contributed by atoms with Gasteiger partial charge in [0.1, 0.15) is 11.7 Å². The van der Waals surface area contributed by atoms with Crippen LogP contribution >= 0.6 is 11.3 Å². The molecule has 2 aromatic heterocycles. The van der Waals surface area contributed by atoms with E-state index in [9.17, 15) is 0 Å². The number of amidine groups is 1. The molecule has 0 spiro atoms. The molecule has 0 aliphatic heterocycles. The molecule has 0 aromatic carbocycles. The van der Waals surface area contributed by atoms with Gasteiger partial charge in [0.25, 0.3) is 0 Å². The minimum Gasteiger partial charge on any atom is -0.384 e. The maximum Gasteiger partial charge on any atom is 0.129 e. The number of pyridine rings is 1. The molecule has 0 radical (unpaired) electrons. The van der Waals surface area contributed by atoms with E-state index in [1.807, 2.05) is 43.3 Å². The number of hydrogen-bond donors (Lipinski definition) is 2. The van der Waals surface area contributed by atoms with Gasteiger partial charge >= 0.3 is 0 Å². The van der Waals surface area contributed by atoms with Crippen LogP contribution in [0.3, 0.4) is 0 Å². The fraction of sp³-hybridized carbons (Fsp3) is 0.308. The van der Waals surface area contributed by atoms with Crippen LogP contribution in [-0.4, -0.2) is 22.9 Å². The van der Waals surface area contributed by atoms with Crippen molar-refractivity contribution in [1.29, 1.82) is 5.41 Å². The quantitative estimate of drug-likeness (QED) is 0.661. The molecule has 19 heavy (non-hydrogen) atoms. The second kappa shape index (κ2) is 5.36. The Bertz CT molecular complexity index is 605. The number of thiazole rings is 1. The van der Waals surface area contributed by atoms with Gasteiger partial charge in [0.2, 0.25) is 0 Å². The summed E-state index contributed by atoms with van der Waals surface area (Å²) in [6.45, 7) is 4.59. The summed E-state index contributed by atoms with van der Waals surface area (Å²) in [7, 11) is 1.96. The Balaban J connectivity index is 2.23. The number of nitrogens with zero attached hydrogens (tertiary/aromatic N) is 3. The Labute approximate surface area is 116 Å². The Morgan fingerprint density at radius 1 is 1.37 bits per heavy atom. The van der Waals surface area contributed by atoms with Crippen molar-refractivity contribution in [3.8, 4) is 0 Å². The molecule has 3 N–H and O–H groups in total. The zero-order valence-corrected chi connectivity index (χ0v) is 12.1. The van der Waals surface area contributed by atoms with Crippen molar-refractivity contribution < 1.29 is 0 Å². The van der Waals surface area contributed by atoms with Gasteiger partial charge in [0.15, 0.2) is 0 Å². The Morgan fingerprint density at radius 3 is 2.68 bits per heavy atom. The third-order valence-corrected chi connectivity index (χ3v) is 3.53. The van der Waals surface area contributed by atoms with Gasteiger partial charge in [0, 0.05) is 23.7 Å². The second-order valence-corrected chi connectivity index (χ2v) is 5.55. The molecule has 0 unspecified atom stereocenters. The number of aryl methyl sites for hydroxylation is 2. The molecule has 100 valence electrons. The van der Waals surface area contributed by atoms with Crippen LogP contribution in [0.1, 0.15) is 22.0 Å². The van der Waals surface area contributed by atoms with Crippen molar-refractivity contribution in [2.45, 2.75) is 20.4 Å². The van der Waals surface area contributed by atoms with Crippen LogP contribution in [-0.2, 0) is 6.54 Å². The lowest BCUT2D eigenvalue weighted by molar-refractivity contribution is 0.865. The predicted octanol–water partition coefficient (Wildman–Crippen LogP) is 2.08. The first-order valence-electron chi connectivity index (χ1n) is 5.91. The number of nitrogens with one attached hydrogen (secondary N) is 1. The van der Waals surface area contributed by atoms with E-state index >= 15 is 0 Å². The summed E-state index contributed by atoms with van der Waals surface area (Å²) in [6.07, 6.45) is 0. The lowest BCUT2D eigenvalue weighted by Gasteiger charge is -2.18. The van der Waals surface area contributed by atoms with Crippen molar-refractivity contribution in [3.05, 3.63) is 39.5 Å². The van der Waals surface area contributed by atoms with Crippen molar-refractivity contribution in [2.24, 2.45) is 5.73 Å². The largest absolute Gasteiger partial charge is 0.384 e. The van der Waals surface area contributed by atoms with E-state index in [-0.39, 0.29) is 5.84 Å². The van der Waals surface area contributed by atoms with Gasteiger partial charge in [-0.2, -0.15) is 0 Å². The Hall–Kier alpha value is -1.95. The van der Waals surface area contributed by atoms with Gasteiger partial charge in [-0.05, 0) is 26.0 Å². The van der Waals surface area contributed by atoms with E-state index in [1.54, 1.807) is 11.3 Å². The van der Waals surface area contributed by atoms with Crippen LogP contribution in [0, 0.1) is 19.3 Å². The summed E-state index contributed by atoms with van der Waals surface area (Å²) in [5, 5.41) is 10.6. The molecule has 2 rings (SSSR count). The highest BCUT2D eigenvalue weighted by atomic mass is 32.1. The number of nitrogens with two attached hydrogens (primary N) is 1. The van der Waals surface area contributed by atoms with Gasteiger partial charge in [-0.25, -0.2) is 9.97 Å². The molecule has 5 nitrogen and oxygen atoms in total. The zero-order chi connectivity index (χ0) is 14.0. The van der Waals surface area contributed by atoms with Crippen LogP contribution in [0.4, 0.5) is 5.82 Å². The summed E-state index contributed by atoms with van der Waals surface area (Å²) in [4.78, 5) is 10.9. The normalized spacial score (nSPS) is 10.5. The Morgan fingerprint density at radius 2 is 2.11 bits per heavy atom. The summed E-state index contributed by atoms with van der Waals surface area (Å²) < 4.78 is 0. The van der Waals surface area contributed by atoms with Crippen LogP contribution in [0.5, 0.6) is 0 Å². The highest BCUT2D eigenvalue weighted by molar-refractivity contribution is 7.09. The molecule has 0 amide bonds. The average molecular weight is 275 g/mol. The highest BCUT2D eigenvalue weighted by Gasteiger charge is 2.09. The molecule has 2 aromatic rings. The van der Waals surface area contributed by atoms with Gasteiger partial charge < -0.3 is 10.6 Å². The van der Waals surface area contributed by atoms with Crippen molar-refractivity contribution >= 4 is 23.0 Å². The fourth-order valence-corrected chi connectivity index (χ4v) is 2.41. The summed E-state index contributed by atoms with van der Waals surface area (Å²) in [5.41, 5.74) is 8.11. The predicted molar refractivity (Wildman–Crippen MR) is 78.9 cm³/mol. The van der Waals surface area contributed by atoms with Gasteiger partial charge in [-0.1, -0.05) is 0 Å². The van der Waals surface area contributed by atoms with Crippen molar-refractivity contribution in [3.63, 3.8) is 0 Å². The SMILES string of the molecule is Cc1cc(C(=N)N)cc(N(C)Cc2csc(C)n2)n1. The molecular weight excluding hydrogens is 258 g/mol. The standard InChI is InChI=1S/C13H17N5S/c1-8-4-10(13(14)15)5-12(16-8)18(3)6-11-7-19-9(2)17-11/h4-5,7H,6H2,1-3H3,(H3,14,15). The zero-order valence-electron chi connectivity index (χ0n) is 11.3. The molecule has 0 bridgehead atoms. The maximum absolute atomic E-state index is 7.51. The molecule has 6 heteroatoms. The lowest BCUT2D eigenvalue weighted by Crippen LogP contribution is -2.20. The third kappa shape index (κ3) is 3.29. The van der Waals surface area contributed by atoms with E-state index in [0.29, 0.717) is 12.1 Å². The maximum atomic E-state index is 7.51. The minimum absolute atomic E-state index is 0.0599. The summed E-state index contributed by atoms with van der Waals surface area (Å²) in [6, 6.07) is 3.64. The molecule has 0 saturated carbocycles. The number of aromatic nitrogens is 2. The van der Waals surface area contributed by atoms with Crippen LogP contribution in [0.15, 0.2) is 17.5 Å². The average Bonchev–Trinajstić information content (AvgIpc) is 2.73. The first kappa shape index (κ1) is 13.5. The number of anilines is 1. The molecule has 0 aliphatic rings. The highest BCUT2D eigenvalue weighted by Crippen LogP contribution is 2.17. The number of hydrogen-bond acceptors (Lipinski definition) is 5. The van der Waals surface area contributed by atoms with E-state index in [2.05, 4.69) is 9.97 Å². The molecule has 0 fully saturated rings. The number of rotatable bonds is 4. The fourth-order valence-electron chi connectivity index (χ4n) is 1.81. The van der Waals surface area contributed by atoms with Crippen LogP contribution in [0.25, 0.3) is 0 Å². The van der Waals surface area contributed by atoms with Crippen molar-refractivity contribution in [1.82, 2.24) is 9.97 Å². The third-order valence-electron chi connectivity index (χ3n) is 2.71. The molecule has 2 heterocycles. The topological polar surface area (TPSA) is 78.9 Å². The minimum atomic E-state index is 0.0599. The van der Waals surface area contributed by atoms with Crippen LogP contribution < -0.4 is 10.6 Å². The smallest absolute Gasteiger partial charge is 0.129 e. The first-order valence-corrected chi connectivity index (χ1v) is 6.79. The summed E-state index contributed by atoms with van der Waals surface area (Å²) in [5.74, 6) is 0.862. The summed E-state index contributed by atoms with van der Waals surface area (Å²) >= 11 is 1.64. The molecular formula is C13H17N5S. The van der Waals surface area contributed by atoms with Crippen LogP contribution in [0.2, 0.25) is 0 Å². The molecule has 0 saturated heterocycles. The van der Waals surface area contributed by atoms with E-state index < -0.39 is 0 Å². The lowest BCUT2D eigenvalue weighted by atomic mass is 10.2. The molecule has 0 atom stereocenters. The Kier molecular flexibility index (Phi) is 3.80. The number of nitrogen functional groups attached to an aromatic ring is 1.